The van der Waals surface area contributed by atoms with E-state index in [-0.39, 0.29) is 0 Å². The predicted octanol–water partition coefficient (Wildman–Crippen LogP) is 4.74. The number of halogens is 1. The number of hydrogen-bond acceptors (Lipinski definition) is 0. The summed E-state index contributed by atoms with van der Waals surface area (Å²) in [6, 6.07) is 0. The second-order valence-corrected chi connectivity index (χ2v) is 4.50. The summed E-state index contributed by atoms with van der Waals surface area (Å²) >= 11 is 6.01. The third-order valence-electron chi connectivity index (χ3n) is 1.97. The number of allylic oxidation sites excluding steroid dienone is 2. The van der Waals surface area contributed by atoms with Crippen LogP contribution >= 0.6 is 11.6 Å². The van der Waals surface area contributed by atoms with Crippen molar-refractivity contribution in [2.24, 2.45) is 5.92 Å². The molecule has 12 heavy (non-hydrogen) atoms. The first-order chi connectivity index (χ1) is 5.54. The molecule has 72 valence electrons. The summed E-state index contributed by atoms with van der Waals surface area (Å²) in [7, 11) is 0. The summed E-state index contributed by atoms with van der Waals surface area (Å²) < 4.78 is 0. The molecule has 0 amide bonds. The smallest absolute Gasteiger partial charge is 0.0167 e. The third kappa shape index (κ3) is 6.72. The minimum absolute atomic E-state index is 0.829. The lowest BCUT2D eigenvalue weighted by Gasteiger charge is -2.04. The van der Waals surface area contributed by atoms with Crippen LogP contribution in [-0.2, 0) is 0 Å². The largest absolute Gasteiger partial charge is 0.0892 e. The highest BCUT2D eigenvalue weighted by molar-refractivity contribution is 6.29. The van der Waals surface area contributed by atoms with Gasteiger partial charge < -0.3 is 0 Å². The molecule has 0 saturated carbocycles. The lowest BCUT2D eigenvalue weighted by molar-refractivity contribution is 0.539. The topological polar surface area (TPSA) is 0 Å². The molecular weight excluding hydrogens is 168 g/mol. The molecule has 0 saturated heterocycles. The van der Waals surface area contributed by atoms with Crippen molar-refractivity contribution in [1.82, 2.24) is 0 Å². The average molecular weight is 189 g/mol. The van der Waals surface area contributed by atoms with E-state index in [1.54, 1.807) is 0 Å². The zero-order valence-electron chi connectivity index (χ0n) is 8.78. The second kappa shape index (κ2) is 6.54. The van der Waals surface area contributed by atoms with Gasteiger partial charge in [-0.2, -0.15) is 0 Å². The molecule has 1 heteroatoms. The van der Waals surface area contributed by atoms with Crippen LogP contribution in [0.1, 0.15) is 53.4 Å². The highest BCUT2D eigenvalue weighted by atomic mass is 35.5. The average Bonchev–Trinajstić information content (AvgIpc) is 1.97. The minimum Gasteiger partial charge on any atom is -0.0892 e. The number of hydrogen-bond donors (Lipinski definition) is 0. The Hall–Kier alpha value is 0.0300. The van der Waals surface area contributed by atoms with E-state index in [9.17, 15) is 0 Å². The highest BCUT2D eigenvalue weighted by Crippen LogP contribution is 2.18. The molecule has 0 aromatic carbocycles. The van der Waals surface area contributed by atoms with E-state index >= 15 is 0 Å². The molecule has 0 atom stereocenters. The fourth-order valence-electron chi connectivity index (χ4n) is 1.08. The van der Waals surface area contributed by atoms with Crippen molar-refractivity contribution in [3.8, 4) is 0 Å². The van der Waals surface area contributed by atoms with Crippen LogP contribution in [0.2, 0.25) is 0 Å². The van der Waals surface area contributed by atoms with Gasteiger partial charge in [0.2, 0.25) is 0 Å². The molecule has 0 spiro atoms. The molecule has 0 nitrogen and oxygen atoms in total. The fraction of sp³-hybridized carbons (Fsp3) is 0.818. The molecule has 0 heterocycles. The first kappa shape index (κ1) is 12.0. The van der Waals surface area contributed by atoms with Gasteiger partial charge in [-0.25, -0.2) is 0 Å². The molecule has 0 aromatic heterocycles. The Labute approximate surface area is 82.0 Å². The van der Waals surface area contributed by atoms with Crippen LogP contribution in [0.3, 0.4) is 0 Å². The van der Waals surface area contributed by atoms with Crippen molar-refractivity contribution in [2.45, 2.75) is 53.4 Å². The summed E-state index contributed by atoms with van der Waals surface area (Å²) in [5.41, 5.74) is 1.27. The molecule has 0 bridgehead atoms. The van der Waals surface area contributed by atoms with Gasteiger partial charge in [-0.1, -0.05) is 43.9 Å². The van der Waals surface area contributed by atoms with Crippen LogP contribution in [0.5, 0.6) is 0 Å². The third-order valence-corrected chi connectivity index (χ3v) is 2.54. The number of unbranched alkanes of at least 4 members (excludes halogenated alkanes) is 1. The van der Waals surface area contributed by atoms with Crippen LogP contribution in [0.4, 0.5) is 0 Å². The van der Waals surface area contributed by atoms with Crippen LogP contribution in [0.15, 0.2) is 10.6 Å². The van der Waals surface area contributed by atoms with Crippen LogP contribution in [0, 0.1) is 5.92 Å². The summed E-state index contributed by atoms with van der Waals surface area (Å²) in [4.78, 5) is 0. The van der Waals surface area contributed by atoms with Crippen molar-refractivity contribution < 1.29 is 0 Å². The Bertz CT molecular complexity index is 141. The number of rotatable bonds is 5. The standard InChI is InChI=1S/C11H21Cl/c1-9(2)7-5-6-8-11(12)10(3)4/h9H,5-8H2,1-4H3. The van der Waals surface area contributed by atoms with Crippen molar-refractivity contribution in [3.63, 3.8) is 0 Å². The zero-order chi connectivity index (χ0) is 9.56. The molecule has 0 aliphatic carbocycles. The zero-order valence-corrected chi connectivity index (χ0v) is 9.54. The highest BCUT2D eigenvalue weighted by Gasteiger charge is 1.97. The van der Waals surface area contributed by atoms with E-state index in [2.05, 4.69) is 27.7 Å². The first-order valence-electron chi connectivity index (χ1n) is 4.86. The van der Waals surface area contributed by atoms with E-state index in [0.29, 0.717) is 0 Å². The summed E-state index contributed by atoms with van der Waals surface area (Å²) in [5.74, 6) is 0.829. The van der Waals surface area contributed by atoms with Gasteiger partial charge in [0.15, 0.2) is 0 Å². The predicted molar refractivity (Wildman–Crippen MR) is 57.5 cm³/mol. The van der Waals surface area contributed by atoms with E-state index in [1.807, 2.05) is 0 Å². The molecule has 0 aromatic rings. The maximum atomic E-state index is 6.01. The molecule has 0 radical (unpaired) electrons. The fourth-order valence-corrected chi connectivity index (χ4v) is 1.22. The minimum atomic E-state index is 0.829. The monoisotopic (exact) mass is 188 g/mol. The second-order valence-electron chi connectivity index (χ2n) is 4.04. The van der Waals surface area contributed by atoms with Gasteiger partial charge in [-0.15, -0.1) is 0 Å². The Morgan fingerprint density at radius 1 is 1.17 bits per heavy atom. The summed E-state index contributed by atoms with van der Waals surface area (Å²) in [6.45, 7) is 8.68. The van der Waals surface area contributed by atoms with Crippen molar-refractivity contribution in [2.75, 3.05) is 0 Å². The van der Waals surface area contributed by atoms with Gasteiger partial charge in [0.1, 0.15) is 0 Å². The van der Waals surface area contributed by atoms with E-state index in [4.69, 9.17) is 11.6 Å². The van der Waals surface area contributed by atoms with Crippen LogP contribution in [0.25, 0.3) is 0 Å². The van der Waals surface area contributed by atoms with Gasteiger partial charge in [0.05, 0.1) is 0 Å². The van der Waals surface area contributed by atoms with Gasteiger partial charge in [0.25, 0.3) is 0 Å². The van der Waals surface area contributed by atoms with Gasteiger partial charge in [0, 0.05) is 5.03 Å². The summed E-state index contributed by atoms with van der Waals surface area (Å²) in [6.07, 6.45) is 4.94. The molecular formula is C11H21Cl. The molecule has 0 unspecified atom stereocenters. The van der Waals surface area contributed by atoms with Gasteiger partial charge in [-0.3, -0.25) is 0 Å². The Morgan fingerprint density at radius 3 is 2.17 bits per heavy atom. The maximum Gasteiger partial charge on any atom is 0.0167 e. The van der Waals surface area contributed by atoms with Gasteiger partial charge >= 0.3 is 0 Å². The van der Waals surface area contributed by atoms with Crippen molar-refractivity contribution in [3.05, 3.63) is 10.6 Å². The van der Waals surface area contributed by atoms with Crippen LogP contribution in [-0.4, -0.2) is 0 Å². The van der Waals surface area contributed by atoms with Gasteiger partial charge in [-0.05, 0) is 32.6 Å². The molecule has 0 fully saturated rings. The molecule has 0 rings (SSSR count). The quantitative estimate of drug-likeness (QED) is 0.547. The van der Waals surface area contributed by atoms with E-state index in [0.717, 1.165) is 17.4 Å². The Kier molecular flexibility index (Phi) is 6.55. The molecule has 0 aliphatic heterocycles. The molecule has 0 aliphatic rings. The Morgan fingerprint density at radius 2 is 1.75 bits per heavy atom. The summed E-state index contributed by atoms with van der Waals surface area (Å²) in [5, 5.41) is 1.05. The maximum absolute atomic E-state index is 6.01. The SMILES string of the molecule is CC(C)=C(Cl)CCCCC(C)C. The Balaban J connectivity index is 3.39. The first-order valence-corrected chi connectivity index (χ1v) is 5.23. The van der Waals surface area contributed by atoms with Crippen LogP contribution < -0.4 is 0 Å². The molecule has 0 N–H and O–H groups in total. The normalized spacial score (nSPS) is 10.5. The lowest BCUT2D eigenvalue weighted by Crippen LogP contribution is -1.87. The van der Waals surface area contributed by atoms with E-state index in [1.165, 1.54) is 24.8 Å². The lowest BCUT2D eigenvalue weighted by atomic mass is 10.0. The van der Waals surface area contributed by atoms with Crippen molar-refractivity contribution >= 4 is 11.6 Å². The van der Waals surface area contributed by atoms with Crippen molar-refractivity contribution in [1.29, 1.82) is 0 Å². The van der Waals surface area contributed by atoms with E-state index < -0.39 is 0 Å².